The molecule has 0 unspecified atom stereocenters. The molecule has 0 radical (unpaired) electrons. The molecule has 0 saturated carbocycles. The summed E-state index contributed by atoms with van der Waals surface area (Å²) >= 11 is 0. The Morgan fingerprint density at radius 2 is 1.58 bits per heavy atom. The number of ether oxygens (including phenoxy) is 4. The second-order valence-corrected chi connectivity index (χ2v) is 8.69. The van der Waals surface area contributed by atoms with Crippen LogP contribution in [0.3, 0.4) is 0 Å². The van der Waals surface area contributed by atoms with Crippen LogP contribution in [0.2, 0.25) is 0 Å². The topological polar surface area (TPSA) is 74.3 Å². The van der Waals surface area contributed by atoms with Crippen LogP contribution in [-0.2, 0) is 27.2 Å². The van der Waals surface area contributed by atoms with Gasteiger partial charge in [0.05, 0.1) is 33.9 Å². The molecule has 0 fully saturated rings. The van der Waals surface area contributed by atoms with Crippen molar-refractivity contribution in [2.45, 2.75) is 19.3 Å². The first-order valence-electron chi connectivity index (χ1n) is 12.5. The van der Waals surface area contributed by atoms with Gasteiger partial charge in [-0.15, -0.1) is 0 Å². The number of benzene rings is 3. The van der Waals surface area contributed by atoms with Crippen molar-refractivity contribution in [2.75, 3.05) is 41.0 Å². The van der Waals surface area contributed by atoms with Gasteiger partial charge in [-0.2, -0.15) is 0 Å². The molecular weight excluding hydrogens is 482 g/mol. The van der Waals surface area contributed by atoms with Gasteiger partial charge >= 0.3 is 5.97 Å². The fourth-order valence-electron chi connectivity index (χ4n) is 3.65. The van der Waals surface area contributed by atoms with Gasteiger partial charge in [0, 0.05) is 26.1 Å². The minimum Gasteiger partial charge on any atom is -0.493 e. The molecule has 0 aromatic heterocycles. The van der Waals surface area contributed by atoms with E-state index in [2.05, 4.69) is 16.9 Å². The van der Waals surface area contributed by atoms with E-state index in [0.29, 0.717) is 44.1 Å². The minimum atomic E-state index is -0.422. The highest BCUT2D eigenvalue weighted by molar-refractivity contribution is 5.87. The van der Waals surface area contributed by atoms with Crippen LogP contribution in [-0.4, -0.2) is 57.8 Å². The van der Waals surface area contributed by atoms with E-state index in [4.69, 9.17) is 14.2 Å². The summed E-state index contributed by atoms with van der Waals surface area (Å²) in [4.78, 5) is 25.6. The number of esters is 1. The number of nitrogens with zero attached hydrogens (tertiary/aromatic N) is 1. The molecule has 3 rings (SSSR count). The Hall–Kier alpha value is -4.26. The molecular formula is C31H35NO6. The molecule has 0 saturated heterocycles. The molecule has 0 heterocycles. The lowest BCUT2D eigenvalue weighted by molar-refractivity contribution is -0.134. The van der Waals surface area contributed by atoms with Crippen molar-refractivity contribution >= 4 is 18.0 Å². The smallest absolute Gasteiger partial charge is 0.330 e. The average Bonchev–Trinajstić information content (AvgIpc) is 2.96. The molecule has 38 heavy (non-hydrogen) atoms. The summed E-state index contributed by atoms with van der Waals surface area (Å²) < 4.78 is 21.7. The average molecular weight is 518 g/mol. The lowest BCUT2D eigenvalue weighted by Crippen LogP contribution is -2.30. The summed E-state index contributed by atoms with van der Waals surface area (Å²) in [6, 6.07) is 23.2. The molecule has 0 atom stereocenters. The molecule has 0 aliphatic heterocycles. The molecule has 3 aromatic rings. The molecule has 3 aromatic carbocycles. The van der Waals surface area contributed by atoms with Gasteiger partial charge in [-0.05, 0) is 53.5 Å². The molecule has 200 valence electrons. The van der Waals surface area contributed by atoms with Crippen LogP contribution in [0.4, 0.5) is 0 Å². The first-order chi connectivity index (χ1) is 18.5. The number of amides is 1. The Kier molecular flexibility index (Phi) is 11.2. The van der Waals surface area contributed by atoms with Crippen molar-refractivity contribution in [1.82, 2.24) is 4.90 Å². The van der Waals surface area contributed by atoms with Crippen molar-refractivity contribution in [3.63, 3.8) is 0 Å². The highest BCUT2D eigenvalue weighted by atomic mass is 16.5. The minimum absolute atomic E-state index is 0.0923. The van der Waals surface area contributed by atoms with Gasteiger partial charge in [-0.1, -0.05) is 48.5 Å². The number of likely N-dealkylation sites (N-methyl/N-ethyl adjacent to an activating group) is 1. The maximum Gasteiger partial charge on any atom is 0.330 e. The maximum atomic E-state index is 12.6. The first kappa shape index (κ1) is 28.3. The number of carbonyl (C=O) groups excluding carboxylic acids is 2. The monoisotopic (exact) mass is 517 g/mol. The lowest BCUT2D eigenvalue weighted by Gasteiger charge is -2.17. The number of hydrogen-bond acceptors (Lipinski definition) is 6. The van der Waals surface area contributed by atoms with Crippen LogP contribution in [0.1, 0.15) is 23.1 Å². The second-order valence-electron chi connectivity index (χ2n) is 8.69. The third-order valence-corrected chi connectivity index (χ3v) is 5.90. The number of methoxy groups -OCH3 is 2. The number of rotatable bonds is 14. The van der Waals surface area contributed by atoms with E-state index in [0.717, 1.165) is 23.3 Å². The van der Waals surface area contributed by atoms with Crippen LogP contribution >= 0.6 is 0 Å². The van der Waals surface area contributed by atoms with Crippen molar-refractivity contribution in [3.05, 3.63) is 95.6 Å². The van der Waals surface area contributed by atoms with Crippen LogP contribution < -0.4 is 14.2 Å². The van der Waals surface area contributed by atoms with Gasteiger partial charge in [0.1, 0.15) is 5.75 Å². The summed E-state index contributed by atoms with van der Waals surface area (Å²) in [6.45, 7) is 1.63. The van der Waals surface area contributed by atoms with Crippen LogP contribution in [0.25, 0.3) is 6.08 Å². The summed E-state index contributed by atoms with van der Waals surface area (Å²) in [5.41, 5.74) is 2.97. The molecule has 1 amide bonds. The van der Waals surface area contributed by atoms with E-state index < -0.39 is 5.97 Å². The fourth-order valence-corrected chi connectivity index (χ4v) is 3.65. The Morgan fingerprint density at radius 1 is 0.842 bits per heavy atom. The van der Waals surface area contributed by atoms with Crippen LogP contribution in [0.15, 0.2) is 78.9 Å². The molecule has 0 aliphatic rings. The van der Waals surface area contributed by atoms with E-state index >= 15 is 0 Å². The summed E-state index contributed by atoms with van der Waals surface area (Å²) in [5, 5.41) is 0. The molecule has 0 spiro atoms. The molecule has 7 nitrogen and oxygen atoms in total. The van der Waals surface area contributed by atoms with Crippen molar-refractivity contribution in [2.24, 2.45) is 0 Å². The molecule has 0 aliphatic carbocycles. The Labute approximate surface area is 224 Å². The number of carbonyl (C=O) groups is 2. The third-order valence-electron chi connectivity index (χ3n) is 5.90. The number of hydrogen-bond donors (Lipinski definition) is 0. The summed E-state index contributed by atoms with van der Waals surface area (Å²) in [7, 11) is 4.75. The molecule has 7 heteroatoms. The Balaban J connectivity index is 1.37. The van der Waals surface area contributed by atoms with Gasteiger partial charge in [0.2, 0.25) is 5.91 Å². The Bertz CT molecular complexity index is 1190. The van der Waals surface area contributed by atoms with Gasteiger partial charge in [0.15, 0.2) is 11.5 Å². The zero-order valence-corrected chi connectivity index (χ0v) is 22.2. The quantitative estimate of drug-likeness (QED) is 0.171. The predicted molar refractivity (Wildman–Crippen MR) is 148 cm³/mol. The Morgan fingerprint density at radius 3 is 2.29 bits per heavy atom. The van der Waals surface area contributed by atoms with Gasteiger partial charge in [-0.25, -0.2) is 4.79 Å². The predicted octanol–water partition coefficient (Wildman–Crippen LogP) is 4.97. The van der Waals surface area contributed by atoms with E-state index in [1.54, 1.807) is 30.2 Å². The molecule has 0 bridgehead atoms. The molecule has 0 N–H and O–H groups in total. The van der Waals surface area contributed by atoms with Crippen LogP contribution in [0, 0.1) is 0 Å². The largest absolute Gasteiger partial charge is 0.493 e. The van der Waals surface area contributed by atoms with Crippen LogP contribution in [0.5, 0.6) is 17.2 Å². The van der Waals surface area contributed by atoms with Crippen molar-refractivity contribution in [3.8, 4) is 17.2 Å². The normalized spacial score (nSPS) is 10.7. The van der Waals surface area contributed by atoms with E-state index in [1.807, 2.05) is 55.6 Å². The highest BCUT2D eigenvalue weighted by Crippen LogP contribution is 2.28. The van der Waals surface area contributed by atoms with Gasteiger partial charge < -0.3 is 23.8 Å². The first-order valence-corrected chi connectivity index (χ1v) is 12.5. The zero-order valence-electron chi connectivity index (χ0n) is 22.2. The zero-order chi connectivity index (χ0) is 27.2. The van der Waals surface area contributed by atoms with E-state index in [-0.39, 0.29) is 5.91 Å². The second kappa shape index (κ2) is 15.1. The fraction of sp³-hybridized carbons (Fsp3) is 0.290. The lowest BCUT2D eigenvalue weighted by atomic mass is 10.1. The third kappa shape index (κ3) is 9.32. The standard InChI is InChI=1S/C31H35NO6/c1-32(19-18-24-8-5-4-6-9-24)30(33)23-26-10-14-27(15-11-26)37-20-7-21-38-28-16-12-25(22-29(28)35-2)13-17-31(34)36-3/h4-6,8-17,22H,7,18-21,23H2,1-3H3/b17-13+. The van der Waals surface area contributed by atoms with Crippen molar-refractivity contribution in [1.29, 1.82) is 0 Å². The van der Waals surface area contributed by atoms with E-state index in [9.17, 15) is 9.59 Å². The van der Waals surface area contributed by atoms with Crippen molar-refractivity contribution < 1.29 is 28.5 Å². The SMILES string of the molecule is COC(=O)/C=C/c1ccc(OCCCOc2ccc(CC(=O)N(C)CCc3ccccc3)cc2)c(OC)c1. The summed E-state index contributed by atoms with van der Waals surface area (Å²) in [6.07, 6.45) is 4.88. The van der Waals surface area contributed by atoms with Gasteiger partial charge in [-0.3, -0.25) is 4.79 Å². The maximum absolute atomic E-state index is 12.6. The van der Waals surface area contributed by atoms with Gasteiger partial charge in [0.25, 0.3) is 0 Å². The van der Waals surface area contributed by atoms with E-state index in [1.165, 1.54) is 18.7 Å². The summed E-state index contributed by atoms with van der Waals surface area (Å²) in [5.74, 6) is 1.61. The highest BCUT2D eigenvalue weighted by Gasteiger charge is 2.10.